The molecule has 0 bridgehead atoms. The highest BCUT2D eigenvalue weighted by molar-refractivity contribution is 6.18. The molecule has 0 heterocycles. The number of nitrogens with zero attached hydrogens (tertiary/aromatic N) is 1. The molecule has 1 aromatic rings. The van der Waals surface area contributed by atoms with Gasteiger partial charge in [-0.05, 0) is 16.4 Å². The normalized spacial score (nSPS) is 19.6. The van der Waals surface area contributed by atoms with Crippen LogP contribution in [0.4, 0.5) is 0 Å². The fourth-order valence-electron chi connectivity index (χ4n) is 3.17. The summed E-state index contributed by atoms with van der Waals surface area (Å²) in [5, 5.41) is 0. The number of benzene rings is 1. The lowest BCUT2D eigenvalue weighted by molar-refractivity contribution is -0.134. The summed E-state index contributed by atoms with van der Waals surface area (Å²) in [6, 6.07) is 10.1. The maximum absolute atomic E-state index is 12.8. The van der Waals surface area contributed by atoms with Crippen LogP contribution in [0, 0.1) is 16.7 Å². The first-order valence-electron chi connectivity index (χ1n) is 7.21. The van der Waals surface area contributed by atoms with E-state index in [0.29, 0.717) is 19.0 Å². The molecule has 1 fully saturated rings. The summed E-state index contributed by atoms with van der Waals surface area (Å²) < 4.78 is 0. The van der Waals surface area contributed by atoms with E-state index < -0.39 is 0 Å². The van der Waals surface area contributed by atoms with Gasteiger partial charge >= 0.3 is 0 Å². The zero-order chi connectivity index (χ0) is 15.0. The van der Waals surface area contributed by atoms with Crippen LogP contribution in [0.1, 0.15) is 33.3 Å². The van der Waals surface area contributed by atoms with Gasteiger partial charge in [0.2, 0.25) is 5.91 Å². The lowest BCUT2D eigenvalue weighted by atomic mass is 10.0. The lowest BCUT2D eigenvalue weighted by Crippen LogP contribution is -2.35. The fourth-order valence-corrected chi connectivity index (χ4v) is 3.37. The second kappa shape index (κ2) is 5.40. The zero-order valence-corrected chi connectivity index (χ0v) is 13.6. The van der Waals surface area contributed by atoms with Crippen molar-refractivity contribution >= 4 is 17.5 Å². The monoisotopic (exact) mass is 293 g/mol. The molecule has 1 aliphatic carbocycles. The van der Waals surface area contributed by atoms with Gasteiger partial charge in [0.15, 0.2) is 0 Å². The van der Waals surface area contributed by atoms with Crippen molar-refractivity contribution in [1.82, 2.24) is 4.90 Å². The first-order valence-corrected chi connectivity index (χ1v) is 7.74. The van der Waals surface area contributed by atoms with Crippen molar-refractivity contribution < 1.29 is 4.79 Å². The van der Waals surface area contributed by atoms with Crippen molar-refractivity contribution in [2.24, 2.45) is 16.7 Å². The van der Waals surface area contributed by atoms with E-state index in [4.69, 9.17) is 11.6 Å². The second-order valence-electron chi connectivity index (χ2n) is 6.81. The van der Waals surface area contributed by atoms with Gasteiger partial charge in [-0.3, -0.25) is 4.79 Å². The van der Waals surface area contributed by atoms with Crippen molar-refractivity contribution in [2.45, 2.75) is 34.2 Å². The summed E-state index contributed by atoms with van der Waals surface area (Å²) in [5.41, 5.74) is 1.30. The van der Waals surface area contributed by atoms with Crippen LogP contribution in [0.15, 0.2) is 30.3 Å². The van der Waals surface area contributed by atoms with Crippen molar-refractivity contribution in [1.29, 1.82) is 0 Å². The number of amides is 1. The third kappa shape index (κ3) is 2.58. The molecule has 0 saturated heterocycles. The molecule has 2 rings (SSSR count). The van der Waals surface area contributed by atoms with Crippen molar-refractivity contribution in [3.63, 3.8) is 0 Å². The maximum Gasteiger partial charge on any atom is 0.227 e. The average Bonchev–Trinajstić information content (AvgIpc) is 2.80. The molecule has 0 spiro atoms. The summed E-state index contributed by atoms with van der Waals surface area (Å²) in [5.74, 6) is 0.818. The third-order valence-corrected chi connectivity index (χ3v) is 5.32. The van der Waals surface area contributed by atoms with E-state index in [-0.39, 0.29) is 22.7 Å². The van der Waals surface area contributed by atoms with Crippen LogP contribution < -0.4 is 0 Å². The highest BCUT2D eigenvalue weighted by atomic mass is 35.5. The molecule has 1 saturated carbocycles. The third-order valence-electron chi connectivity index (χ3n) is 5.15. The summed E-state index contributed by atoms with van der Waals surface area (Å²) in [7, 11) is 0. The highest BCUT2D eigenvalue weighted by Gasteiger charge is 2.68. The van der Waals surface area contributed by atoms with E-state index in [1.165, 1.54) is 0 Å². The summed E-state index contributed by atoms with van der Waals surface area (Å²) in [6.07, 6.45) is 0. The Labute approximate surface area is 127 Å². The summed E-state index contributed by atoms with van der Waals surface area (Å²) in [4.78, 5) is 14.7. The minimum Gasteiger partial charge on any atom is -0.337 e. The first kappa shape index (κ1) is 15.4. The minimum absolute atomic E-state index is 0.0747. The number of hydrogen-bond acceptors (Lipinski definition) is 1. The quantitative estimate of drug-likeness (QED) is 0.753. The molecule has 0 radical (unpaired) electrons. The van der Waals surface area contributed by atoms with Gasteiger partial charge < -0.3 is 4.90 Å². The van der Waals surface area contributed by atoms with Gasteiger partial charge in [-0.1, -0.05) is 58.0 Å². The number of hydrogen-bond donors (Lipinski definition) is 0. The van der Waals surface area contributed by atoms with Gasteiger partial charge in [0.25, 0.3) is 0 Å². The molecule has 1 aliphatic rings. The van der Waals surface area contributed by atoms with Crippen molar-refractivity contribution in [3.8, 4) is 0 Å². The molecule has 0 aromatic heterocycles. The topological polar surface area (TPSA) is 20.3 Å². The number of rotatable bonds is 5. The molecule has 110 valence electrons. The Morgan fingerprint density at radius 1 is 1.15 bits per heavy atom. The number of carbonyl (C=O) groups excluding carboxylic acids is 1. The molecule has 2 nitrogen and oxygen atoms in total. The standard InChI is InChI=1S/C17H24ClNO/c1-16(2)14(17(16,3)4)15(20)19(11-10-18)12-13-8-6-5-7-9-13/h5-9,14H,10-12H2,1-4H3. The smallest absolute Gasteiger partial charge is 0.227 e. The number of alkyl halides is 1. The predicted octanol–water partition coefficient (Wildman–Crippen LogP) is 3.94. The molecule has 0 unspecified atom stereocenters. The molecule has 0 N–H and O–H groups in total. The Morgan fingerprint density at radius 3 is 2.15 bits per heavy atom. The summed E-state index contributed by atoms with van der Waals surface area (Å²) >= 11 is 5.88. The van der Waals surface area contributed by atoms with E-state index in [9.17, 15) is 4.79 Å². The largest absolute Gasteiger partial charge is 0.337 e. The zero-order valence-electron chi connectivity index (χ0n) is 12.8. The Morgan fingerprint density at radius 2 is 1.70 bits per heavy atom. The first-order chi connectivity index (χ1) is 9.32. The van der Waals surface area contributed by atoms with Crippen LogP contribution in [-0.2, 0) is 11.3 Å². The van der Waals surface area contributed by atoms with E-state index in [1.54, 1.807) is 0 Å². The fraction of sp³-hybridized carbons (Fsp3) is 0.588. The van der Waals surface area contributed by atoms with Gasteiger partial charge in [0, 0.05) is 24.9 Å². The molecule has 0 aliphatic heterocycles. The van der Waals surface area contributed by atoms with Gasteiger partial charge in [-0.15, -0.1) is 11.6 Å². The Bertz CT molecular complexity index is 467. The molecule has 3 heteroatoms. The molecule has 1 amide bonds. The Hall–Kier alpha value is -1.02. The second-order valence-corrected chi connectivity index (χ2v) is 7.19. The minimum atomic E-state index is 0.0747. The van der Waals surface area contributed by atoms with Crippen LogP contribution >= 0.6 is 11.6 Å². The SMILES string of the molecule is CC1(C)C(C(=O)N(CCCl)Cc2ccccc2)C1(C)C. The summed E-state index contributed by atoms with van der Waals surface area (Å²) in [6.45, 7) is 9.97. The van der Waals surface area contributed by atoms with Crippen LogP contribution in [0.5, 0.6) is 0 Å². The number of carbonyl (C=O) groups is 1. The van der Waals surface area contributed by atoms with Gasteiger partial charge in [-0.25, -0.2) is 0 Å². The van der Waals surface area contributed by atoms with Crippen LogP contribution in [0.3, 0.4) is 0 Å². The van der Waals surface area contributed by atoms with E-state index in [1.807, 2.05) is 23.1 Å². The highest BCUT2D eigenvalue weighted by Crippen LogP contribution is 2.68. The lowest BCUT2D eigenvalue weighted by Gasteiger charge is -2.23. The van der Waals surface area contributed by atoms with Crippen LogP contribution in [0.2, 0.25) is 0 Å². The molecular formula is C17H24ClNO. The van der Waals surface area contributed by atoms with E-state index in [2.05, 4.69) is 39.8 Å². The maximum atomic E-state index is 12.8. The van der Waals surface area contributed by atoms with Crippen molar-refractivity contribution in [3.05, 3.63) is 35.9 Å². The Balaban J connectivity index is 2.12. The van der Waals surface area contributed by atoms with Gasteiger partial charge in [-0.2, -0.15) is 0 Å². The van der Waals surface area contributed by atoms with Crippen LogP contribution in [-0.4, -0.2) is 23.2 Å². The molecule has 20 heavy (non-hydrogen) atoms. The van der Waals surface area contributed by atoms with Gasteiger partial charge in [0.05, 0.1) is 0 Å². The molecule has 0 atom stereocenters. The Kier molecular flexibility index (Phi) is 4.15. The van der Waals surface area contributed by atoms with E-state index >= 15 is 0 Å². The molecule has 1 aromatic carbocycles. The van der Waals surface area contributed by atoms with Crippen molar-refractivity contribution in [2.75, 3.05) is 12.4 Å². The van der Waals surface area contributed by atoms with Crippen LogP contribution in [0.25, 0.3) is 0 Å². The predicted molar refractivity (Wildman–Crippen MR) is 83.6 cm³/mol. The number of halogens is 1. The average molecular weight is 294 g/mol. The van der Waals surface area contributed by atoms with Gasteiger partial charge in [0.1, 0.15) is 0 Å². The molecular weight excluding hydrogens is 270 g/mol. The van der Waals surface area contributed by atoms with E-state index in [0.717, 1.165) is 5.56 Å².